The predicted molar refractivity (Wildman–Crippen MR) is 71.5 cm³/mol. The lowest BCUT2D eigenvalue weighted by Crippen LogP contribution is -2.18. The van der Waals surface area contributed by atoms with Gasteiger partial charge in [0.25, 0.3) is 0 Å². The largest absolute Gasteiger partial charge is 0.507 e. The number of esters is 1. The summed E-state index contributed by atoms with van der Waals surface area (Å²) in [5.41, 5.74) is 4.15. The summed E-state index contributed by atoms with van der Waals surface area (Å²) >= 11 is 0. The highest BCUT2D eigenvalue weighted by Crippen LogP contribution is 2.36. The zero-order chi connectivity index (χ0) is 14.0. The number of methoxy groups -OCH3 is 1. The highest BCUT2D eigenvalue weighted by atomic mass is 16.5. The highest BCUT2D eigenvalue weighted by molar-refractivity contribution is 5.95. The molecule has 0 aliphatic carbocycles. The lowest BCUT2D eigenvalue weighted by atomic mass is 9.87. The lowest BCUT2D eigenvalue weighted by molar-refractivity contribution is 0.0595. The van der Waals surface area contributed by atoms with Crippen LogP contribution >= 0.6 is 0 Å². The van der Waals surface area contributed by atoms with Crippen molar-refractivity contribution in [2.24, 2.45) is 0 Å². The zero-order valence-electron chi connectivity index (χ0n) is 11.7. The topological polar surface area (TPSA) is 55.8 Å². The average Bonchev–Trinajstić information content (AvgIpc) is 2.43. The Morgan fingerprint density at radius 3 is 2.79 bits per heavy atom. The quantitative estimate of drug-likeness (QED) is 0.852. The van der Waals surface area contributed by atoms with Gasteiger partial charge >= 0.3 is 5.97 Å². The van der Waals surface area contributed by atoms with Crippen LogP contribution in [0.4, 0.5) is 0 Å². The van der Waals surface area contributed by atoms with Crippen molar-refractivity contribution >= 4 is 5.97 Å². The molecule has 104 valence electrons. The summed E-state index contributed by atoms with van der Waals surface area (Å²) in [7, 11) is 1.34. The number of ether oxygens (including phenoxy) is 2. The molecule has 0 spiro atoms. The Balaban J connectivity index is 2.69. The molecule has 0 atom stereocenters. The van der Waals surface area contributed by atoms with E-state index in [0.29, 0.717) is 18.8 Å². The minimum Gasteiger partial charge on any atom is -0.507 e. The van der Waals surface area contributed by atoms with Crippen LogP contribution in [0.2, 0.25) is 0 Å². The number of carbonyl (C=O) groups excluding carboxylic acids is 1. The van der Waals surface area contributed by atoms with E-state index in [1.54, 1.807) is 0 Å². The standard InChI is InChI=1S/C15H20O4/c1-4-5-11-12-8-19-7-6-10(12)9(2)13(14(11)16)15(17)18-3/h16H,4-8H2,1-3H3. The van der Waals surface area contributed by atoms with Gasteiger partial charge in [-0.1, -0.05) is 13.3 Å². The van der Waals surface area contributed by atoms with E-state index < -0.39 is 5.97 Å². The second-order valence-electron chi connectivity index (χ2n) is 4.83. The van der Waals surface area contributed by atoms with E-state index in [1.807, 2.05) is 13.8 Å². The molecule has 0 fully saturated rings. The number of hydrogen-bond donors (Lipinski definition) is 1. The van der Waals surface area contributed by atoms with Crippen LogP contribution in [0.3, 0.4) is 0 Å². The molecule has 0 amide bonds. The van der Waals surface area contributed by atoms with Crippen molar-refractivity contribution in [3.63, 3.8) is 0 Å². The van der Waals surface area contributed by atoms with Crippen molar-refractivity contribution in [1.82, 2.24) is 0 Å². The van der Waals surface area contributed by atoms with Crippen LogP contribution in [-0.2, 0) is 28.9 Å². The van der Waals surface area contributed by atoms with Gasteiger partial charge in [-0.2, -0.15) is 0 Å². The summed E-state index contributed by atoms with van der Waals surface area (Å²) < 4.78 is 10.3. The van der Waals surface area contributed by atoms with Gasteiger partial charge in [0, 0.05) is 5.56 Å². The van der Waals surface area contributed by atoms with E-state index in [0.717, 1.165) is 41.5 Å². The van der Waals surface area contributed by atoms with E-state index in [2.05, 4.69) is 0 Å². The maximum Gasteiger partial charge on any atom is 0.341 e. The maximum absolute atomic E-state index is 11.9. The molecule has 0 saturated carbocycles. The molecule has 0 saturated heterocycles. The molecule has 19 heavy (non-hydrogen) atoms. The molecule has 4 heteroatoms. The molecule has 0 aromatic heterocycles. The third kappa shape index (κ3) is 2.32. The Hall–Kier alpha value is -1.55. The fourth-order valence-electron chi connectivity index (χ4n) is 2.76. The second-order valence-corrected chi connectivity index (χ2v) is 4.83. The molecule has 1 heterocycles. The van der Waals surface area contributed by atoms with Crippen molar-refractivity contribution in [2.45, 2.75) is 39.7 Å². The summed E-state index contributed by atoms with van der Waals surface area (Å²) in [5.74, 6) is -0.405. The van der Waals surface area contributed by atoms with Gasteiger partial charge in [0.2, 0.25) is 0 Å². The minimum atomic E-state index is -0.471. The number of carbonyl (C=O) groups is 1. The first-order valence-corrected chi connectivity index (χ1v) is 6.64. The number of fused-ring (bicyclic) bond motifs is 1. The first-order valence-electron chi connectivity index (χ1n) is 6.64. The monoisotopic (exact) mass is 264 g/mol. The third-order valence-electron chi connectivity index (χ3n) is 3.71. The van der Waals surface area contributed by atoms with E-state index in [1.165, 1.54) is 7.11 Å². The van der Waals surface area contributed by atoms with Crippen LogP contribution in [-0.4, -0.2) is 24.8 Å². The first kappa shape index (κ1) is 13.9. The van der Waals surface area contributed by atoms with E-state index in [-0.39, 0.29) is 5.75 Å². The predicted octanol–water partition coefficient (Wildman–Crippen LogP) is 2.51. The van der Waals surface area contributed by atoms with Crippen molar-refractivity contribution in [3.8, 4) is 5.75 Å². The number of aromatic hydroxyl groups is 1. The smallest absolute Gasteiger partial charge is 0.341 e. The van der Waals surface area contributed by atoms with E-state index in [9.17, 15) is 9.90 Å². The molecule has 1 aliphatic rings. The summed E-state index contributed by atoms with van der Waals surface area (Å²) in [5, 5.41) is 10.4. The molecule has 4 nitrogen and oxygen atoms in total. The van der Waals surface area contributed by atoms with Crippen LogP contribution in [0, 0.1) is 6.92 Å². The minimum absolute atomic E-state index is 0.0652. The third-order valence-corrected chi connectivity index (χ3v) is 3.71. The van der Waals surface area contributed by atoms with E-state index >= 15 is 0 Å². The average molecular weight is 264 g/mol. The Kier molecular flexibility index (Phi) is 4.10. The Labute approximate surface area is 113 Å². The van der Waals surface area contributed by atoms with Crippen molar-refractivity contribution in [3.05, 3.63) is 27.8 Å². The van der Waals surface area contributed by atoms with Gasteiger partial charge in [-0.05, 0) is 36.5 Å². The number of hydrogen-bond acceptors (Lipinski definition) is 4. The Bertz CT molecular complexity index is 506. The summed E-state index contributed by atoms with van der Waals surface area (Å²) in [6, 6.07) is 0. The molecule has 0 bridgehead atoms. The van der Waals surface area contributed by atoms with Crippen LogP contribution in [0.15, 0.2) is 0 Å². The normalized spacial score (nSPS) is 14.1. The SMILES string of the molecule is CCCc1c(O)c(C(=O)OC)c(C)c2c1COCC2. The summed E-state index contributed by atoms with van der Waals surface area (Å²) in [6.07, 6.45) is 2.42. The molecule has 1 aromatic carbocycles. The van der Waals surface area contributed by atoms with Crippen LogP contribution in [0.1, 0.15) is 46.0 Å². The first-order chi connectivity index (χ1) is 9.11. The molecular formula is C15H20O4. The number of rotatable bonds is 3. The van der Waals surface area contributed by atoms with Crippen molar-refractivity contribution < 1.29 is 19.4 Å². The highest BCUT2D eigenvalue weighted by Gasteiger charge is 2.26. The van der Waals surface area contributed by atoms with Crippen LogP contribution in [0.5, 0.6) is 5.75 Å². The zero-order valence-corrected chi connectivity index (χ0v) is 11.7. The number of benzene rings is 1. The molecule has 0 unspecified atom stereocenters. The molecule has 1 aliphatic heterocycles. The fraction of sp³-hybridized carbons (Fsp3) is 0.533. The number of phenols is 1. The second kappa shape index (κ2) is 5.61. The molecule has 0 radical (unpaired) electrons. The Morgan fingerprint density at radius 2 is 2.16 bits per heavy atom. The summed E-state index contributed by atoms with van der Waals surface area (Å²) in [4.78, 5) is 11.9. The van der Waals surface area contributed by atoms with Gasteiger partial charge in [0.1, 0.15) is 11.3 Å². The molecule has 1 N–H and O–H groups in total. The van der Waals surface area contributed by atoms with Gasteiger partial charge in [0.05, 0.1) is 20.3 Å². The van der Waals surface area contributed by atoms with Gasteiger partial charge in [-0.3, -0.25) is 0 Å². The van der Waals surface area contributed by atoms with Gasteiger partial charge in [-0.25, -0.2) is 4.79 Å². The fourth-order valence-corrected chi connectivity index (χ4v) is 2.76. The van der Waals surface area contributed by atoms with E-state index in [4.69, 9.17) is 9.47 Å². The van der Waals surface area contributed by atoms with Crippen LogP contribution in [0.25, 0.3) is 0 Å². The molecule has 2 rings (SSSR count). The Morgan fingerprint density at radius 1 is 1.42 bits per heavy atom. The van der Waals surface area contributed by atoms with Gasteiger partial charge in [0.15, 0.2) is 0 Å². The van der Waals surface area contributed by atoms with Crippen LogP contribution < -0.4 is 0 Å². The van der Waals surface area contributed by atoms with Gasteiger partial charge < -0.3 is 14.6 Å². The van der Waals surface area contributed by atoms with Crippen molar-refractivity contribution in [2.75, 3.05) is 13.7 Å². The van der Waals surface area contributed by atoms with Gasteiger partial charge in [-0.15, -0.1) is 0 Å². The number of phenolic OH excluding ortho intramolecular Hbond substituents is 1. The summed E-state index contributed by atoms with van der Waals surface area (Å²) in [6.45, 7) is 5.09. The molecular weight excluding hydrogens is 244 g/mol. The maximum atomic E-state index is 11.9. The molecule has 1 aromatic rings. The van der Waals surface area contributed by atoms with Crippen molar-refractivity contribution in [1.29, 1.82) is 0 Å². The lowest BCUT2D eigenvalue weighted by Gasteiger charge is -2.25.